The summed E-state index contributed by atoms with van der Waals surface area (Å²) >= 11 is 0. The van der Waals surface area contributed by atoms with Crippen LogP contribution in [0.1, 0.15) is 277 Å². The molecule has 0 spiro atoms. The fourth-order valence-corrected chi connectivity index (χ4v) is 8.09. The number of hydrogen-bond donors (Lipinski definition) is 3. The quantitative estimate of drug-likeness (QED) is 0.0422. The second-order valence-corrected chi connectivity index (χ2v) is 18.3. The number of amides is 1. The van der Waals surface area contributed by atoms with Crippen LogP contribution in [0.5, 0.6) is 0 Å². The molecule has 4 heteroatoms. The molecule has 0 bridgehead atoms. The molecule has 0 saturated carbocycles. The van der Waals surface area contributed by atoms with Crippen molar-refractivity contribution in [2.24, 2.45) is 0 Å². The van der Waals surface area contributed by atoms with E-state index in [1.165, 1.54) is 212 Å². The van der Waals surface area contributed by atoms with Crippen LogP contribution in [-0.4, -0.2) is 34.9 Å². The molecule has 0 aliphatic heterocycles. The van der Waals surface area contributed by atoms with Crippen LogP contribution in [0.25, 0.3) is 0 Å². The van der Waals surface area contributed by atoms with E-state index in [2.05, 4.69) is 67.8 Å². The fraction of sp³-hybridized carbons (Fsp3) is 0.807. The van der Waals surface area contributed by atoms with E-state index in [1.54, 1.807) is 6.08 Å². The maximum Gasteiger partial charge on any atom is 0.220 e. The van der Waals surface area contributed by atoms with Crippen molar-refractivity contribution in [1.29, 1.82) is 0 Å². The monoisotopic (exact) mass is 852 g/mol. The van der Waals surface area contributed by atoms with Gasteiger partial charge in [0, 0.05) is 6.42 Å². The normalized spacial score (nSPS) is 13.3. The third-order valence-corrected chi connectivity index (χ3v) is 12.2. The second-order valence-electron chi connectivity index (χ2n) is 18.3. The van der Waals surface area contributed by atoms with Gasteiger partial charge in [-0.05, 0) is 70.6 Å². The van der Waals surface area contributed by atoms with Crippen molar-refractivity contribution >= 4 is 5.91 Å². The highest BCUT2D eigenvalue weighted by Crippen LogP contribution is 2.16. The van der Waals surface area contributed by atoms with E-state index in [1.807, 2.05) is 6.08 Å². The van der Waals surface area contributed by atoms with Crippen molar-refractivity contribution in [3.8, 4) is 0 Å². The number of aliphatic hydroxyl groups is 2. The Morgan fingerprint density at radius 2 is 0.689 bits per heavy atom. The Morgan fingerprint density at radius 3 is 1.08 bits per heavy atom. The zero-order valence-electron chi connectivity index (χ0n) is 40.9. The minimum atomic E-state index is -0.859. The molecule has 2 atom stereocenters. The maximum atomic E-state index is 12.4. The Morgan fingerprint density at radius 1 is 0.393 bits per heavy atom. The first-order chi connectivity index (χ1) is 30.2. The van der Waals surface area contributed by atoms with Gasteiger partial charge in [0.2, 0.25) is 5.91 Å². The fourth-order valence-electron chi connectivity index (χ4n) is 8.09. The molecule has 0 heterocycles. The van der Waals surface area contributed by atoms with Crippen LogP contribution >= 0.6 is 0 Å². The molecule has 1 amide bonds. The molecule has 0 radical (unpaired) electrons. The molecular weight excluding hydrogens is 747 g/mol. The largest absolute Gasteiger partial charge is 0.394 e. The van der Waals surface area contributed by atoms with E-state index in [0.717, 1.165) is 44.9 Å². The van der Waals surface area contributed by atoms with Crippen LogP contribution in [0.4, 0.5) is 0 Å². The molecule has 4 nitrogen and oxygen atoms in total. The summed E-state index contributed by atoms with van der Waals surface area (Å²) in [5, 5.41) is 22.9. The minimum absolute atomic E-state index is 0.0734. The van der Waals surface area contributed by atoms with Gasteiger partial charge in [-0.1, -0.05) is 261 Å². The summed E-state index contributed by atoms with van der Waals surface area (Å²) in [7, 11) is 0. The Bertz CT molecular complexity index is 1010. The van der Waals surface area contributed by atoms with Gasteiger partial charge in [0.05, 0.1) is 18.8 Å². The summed E-state index contributed by atoms with van der Waals surface area (Å²) in [4.78, 5) is 12.4. The van der Waals surface area contributed by atoms with Crippen molar-refractivity contribution in [3.63, 3.8) is 0 Å². The summed E-state index contributed by atoms with van der Waals surface area (Å²) in [6.07, 6.45) is 74.0. The smallest absolute Gasteiger partial charge is 0.220 e. The van der Waals surface area contributed by atoms with Crippen LogP contribution in [0.3, 0.4) is 0 Å². The molecule has 0 fully saturated rings. The zero-order chi connectivity index (χ0) is 44.2. The van der Waals surface area contributed by atoms with Crippen LogP contribution < -0.4 is 5.32 Å². The lowest BCUT2D eigenvalue weighted by Crippen LogP contribution is -2.45. The predicted molar refractivity (Wildman–Crippen MR) is 271 cm³/mol. The predicted octanol–water partition coefficient (Wildman–Crippen LogP) is 17.6. The summed E-state index contributed by atoms with van der Waals surface area (Å²) in [5.74, 6) is -0.0734. The van der Waals surface area contributed by atoms with Crippen molar-refractivity contribution in [1.82, 2.24) is 5.32 Å². The highest BCUT2D eigenvalue weighted by molar-refractivity contribution is 5.76. The Kier molecular flexibility index (Phi) is 50.8. The first-order valence-corrected chi connectivity index (χ1v) is 27.0. The van der Waals surface area contributed by atoms with Gasteiger partial charge in [-0.25, -0.2) is 0 Å². The Hall–Kier alpha value is -1.91. The third kappa shape index (κ3) is 49.0. The topological polar surface area (TPSA) is 69.6 Å². The maximum absolute atomic E-state index is 12.4. The lowest BCUT2D eigenvalue weighted by Gasteiger charge is -2.19. The van der Waals surface area contributed by atoms with E-state index >= 15 is 0 Å². The summed E-state index contributed by atoms with van der Waals surface area (Å²) in [6, 6.07) is -0.636. The number of unbranched alkanes of at least 4 members (excludes halogenated alkanes) is 34. The molecule has 3 N–H and O–H groups in total. The molecule has 2 unspecified atom stereocenters. The first kappa shape index (κ1) is 59.1. The number of carbonyl (C=O) groups excluding carboxylic acids is 1. The van der Waals surface area contributed by atoms with Gasteiger partial charge >= 0.3 is 0 Å². The molecule has 0 aliphatic rings. The third-order valence-electron chi connectivity index (χ3n) is 12.2. The van der Waals surface area contributed by atoms with Crippen LogP contribution in [0, 0.1) is 0 Å². The second kappa shape index (κ2) is 52.4. The standard InChI is InChI=1S/C57H105NO3/c1-3-5-7-9-11-13-15-16-17-18-19-20-21-22-23-24-25-26-27-28-29-30-31-32-33-34-35-36-37-38-39-40-41-42-43-45-47-49-51-53-57(61)58-55(54-59)56(60)52-50-48-46-44-14-12-10-8-6-4-2/h14-16,18-19,21-22,44,50,52,55-56,59-60H,3-13,17,20,23-43,45-49,51,53-54H2,1-2H3,(H,58,61)/b16-15-,19-18-,22-21-,44-14+,52-50+. The van der Waals surface area contributed by atoms with Gasteiger partial charge in [-0.2, -0.15) is 0 Å². The SMILES string of the molecule is CCCCCC/C=C/CC/C=C/C(O)C(CO)NC(=O)CCCCCCCCCCCCCCCCCCCCCCCCCC/C=C\C/C=C\C/C=C\CCCCCCC. The molecule has 0 aromatic heterocycles. The van der Waals surface area contributed by atoms with Crippen molar-refractivity contribution in [2.75, 3.05) is 6.61 Å². The summed E-state index contributed by atoms with van der Waals surface area (Å²) in [5.41, 5.74) is 0. The summed E-state index contributed by atoms with van der Waals surface area (Å²) in [6.45, 7) is 4.25. The van der Waals surface area contributed by atoms with E-state index in [4.69, 9.17) is 0 Å². The van der Waals surface area contributed by atoms with Crippen molar-refractivity contribution < 1.29 is 15.0 Å². The summed E-state index contributed by atoms with van der Waals surface area (Å²) < 4.78 is 0. The average molecular weight is 852 g/mol. The molecule has 0 aromatic carbocycles. The molecule has 0 rings (SSSR count). The Balaban J connectivity index is 3.39. The number of carbonyl (C=O) groups is 1. The first-order valence-electron chi connectivity index (χ1n) is 27.0. The highest BCUT2D eigenvalue weighted by atomic mass is 16.3. The highest BCUT2D eigenvalue weighted by Gasteiger charge is 2.17. The van der Waals surface area contributed by atoms with Crippen molar-refractivity contribution in [2.45, 2.75) is 289 Å². The minimum Gasteiger partial charge on any atom is -0.394 e. The van der Waals surface area contributed by atoms with Crippen LogP contribution in [0.2, 0.25) is 0 Å². The van der Waals surface area contributed by atoms with Crippen LogP contribution in [0.15, 0.2) is 60.8 Å². The molecule has 0 saturated heterocycles. The molecule has 0 aromatic rings. The van der Waals surface area contributed by atoms with E-state index in [9.17, 15) is 15.0 Å². The molecular formula is C57H105NO3. The van der Waals surface area contributed by atoms with Gasteiger partial charge in [0.1, 0.15) is 0 Å². The molecule has 61 heavy (non-hydrogen) atoms. The lowest BCUT2D eigenvalue weighted by atomic mass is 10.0. The van der Waals surface area contributed by atoms with Crippen molar-refractivity contribution in [3.05, 3.63) is 60.8 Å². The van der Waals surface area contributed by atoms with Gasteiger partial charge in [0.15, 0.2) is 0 Å². The number of nitrogens with one attached hydrogen (secondary N) is 1. The number of rotatable bonds is 49. The average Bonchev–Trinajstić information content (AvgIpc) is 3.26. The van der Waals surface area contributed by atoms with Gasteiger partial charge in [-0.3, -0.25) is 4.79 Å². The van der Waals surface area contributed by atoms with E-state index < -0.39 is 12.1 Å². The number of allylic oxidation sites excluding steroid dienone is 9. The van der Waals surface area contributed by atoms with Gasteiger partial charge < -0.3 is 15.5 Å². The zero-order valence-corrected chi connectivity index (χ0v) is 40.9. The molecule has 0 aliphatic carbocycles. The van der Waals surface area contributed by atoms with E-state index in [-0.39, 0.29) is 12.5 Å². The molecule has 356 valence electrons. The number of aliphatic hydroxyl groups excluding tert-OH is 2. The van der Waals surface area contributed by atoms with Gasteiger partial charge in [0.25, 0.3) is 0 Å². The van der Waals surface area contributed by atoms with Crippen LogP contribution in [-0.2, 0) is 4.79 Å². The Labute approximate surface area is 381 Å². The lowest BCUT2D eigenvalue weighted by molar-refractivity contribution is -0.123. The van der Waals surface area contributed by atoms with Gasteiger partial charge in [-0.15, -0.1) is 0 Å². The van der Waals surface area contributed by atoms with E-state index in [0.29, 0.717) is 6.42 Å². The number of hydrogen-bond acceptors (Lipinski definition) is 3.